The van der Waals surface area contributed by atoms with Gasteiger partial charge in [-0.3, -0.25) is 4.99 Å². The van der Waals surface area contributed by atoms with Gasteiger partial charge in [0.25, 0.3) is 0 Å². The van der Waals surface area contributed by atoms with Gasteiger partial charge in [-0.1, -0.05) is 0 Å². The van der Waals surface area contributed by atoms with Gasteiger partial charge in [0.1, 0.15) is 18.3 Å². The molecule has 90 valence electrons. The first kappa shape index (κ1) is 14.5. The highest BCUT2D eigenvalue weighted by molar-refractivity contribution is 5.63. The van der Waals surface area contributed by atoms with Crippen molar-refractivity contribution in [1.82, 2.24) is 0 Å². The Morgan fingerprint density at radius 3 is 2.27 bits per heavy atom. The molecular formula is C9H20N2O4. The maximum Gasteiger partial charge on any atom is 0.117 e. The van der Waals surface area contributed by atoms with E-state index < -0.39 is 24.4 Å². The Kier molecular flexibility index (Phi) is 7.45. The second-order valence-corrected chi connectivity index (χ2v) is 3.41. The van der Waals surface area contributed by atoms with Crippen LogP contribution in [0.5, 0.6) is 0 Å². The average Bonchev–Trinajstić information content (AvgIpc) is 2.21. The Hall–Kier alpha value is -0.530. The van der Waals surface area contributed by atoms with Crippen LogP contribution in [0.25, 0.3) is 0 Å². The third kappa shape index (κ3) is 5.81. The van der Waals surface area contributed by atoms with Gasteiger partial charge in [0, 0.05) is 12.8 Å². The number of hydrogen-bond donors (Lipinski definition) is 5. The molecule has 0 rings (SSSR count). The van der Waals surface area contributed by atoms with Gasteiger partial charge in [-0.25, -0.2) is 0 Å². The Labute approximate surface area is 89.1 Å². The predicted octanol–water partition coefficient (Wildman–Crippen LogP) is -2.13. The zero-order valence-electron chi connectivity index (χ0n) is 8.82. The van der Waals surface area contributed by atoms with Crippen LogP contribution >= 0.6 is 0 Å². The third-order valence-electron chi connectivity index (χ3n) is 1.94. The third-order valence-corrected chi connectivity index (χ3v) is 1.94. The molecule has 0 aromatic carbocycles. The molecule has 0 spiro atoms. The van der Waals surface area contributed by atoms with E-state index in [0.29, 0.717) is 19.5 Å². The number of hydrogen-bond acceptors (Lipinski definition) is 6. The van der Waals surface area contributed by atoms with Crippen molar-refractivity contribution in [2.75, 3.05) is 13.1 Å². The summed E-state index contributed by atoms with van der Waals surface area (Å²) in [6.45, 7) is 2.30. The van der Waals surface area contributed by atoms with Crippen LogP contribution in [0.4, 0.5) is 0 Å². The molecule has 0 amide bonds. The van der Waals surface area contributed by atoms with Gasteiger partial charge in [-0.05, 0) is 19.9 Å². The average molecular weight is 220 g/mol. The maximum atomic E-state index is 9.34. The van der Waals surface area contributed by atoms with Gasteiger partial charge in [-0.2, -0.15) is 0 Å². The standard InChI is InChI=1S/C9H20N2O4/c1-6(12)8(14)9(15)7(13)5-11-4-2-3-10/h5-9,12-15H,2-4,10H2,1H3. The first-order chi connectivity index (χ1) is 7.00. The fraction of sp³-hybridized carbons (Fsp3) is 0.889. The topological polar surface area (TPSA) is 119 Å². The summed E-state index contributed by atoms with van der Waals surface area (Å²) >= 11 is 0. The molecule has 0 aliphatic rings. The summed E-state index contributed by atoms with van der Waals surface area (Å²) in [5, 5.41) is 36.9. The molecule has 0 heterocycles. The van der Waals surface area contributed by atoms with Gasteiger partial charge in [0.15, 0.2) is 0 Å². The number of nitrogens with two attached hydrogens (primary N) is 1. The molecular weight excluding hydrogens is 200 g/mol. The van der Waals surface area contributed by atoms with Gasteiger partial charge >= 0.3 is 0 Å². The molecule has 0 aliphatic heterocycles. The Bertz CT molecular complexity index is 187. The fourth-order valence-corrected chi connectivity index (χ4v) is 0.941. The van der Waals surface area contributed by atoms with E-state index in [2.05, 4.69) is 4.99 Å². The van der Waals surface area contributed by atoms with E-state index in [0.717, 1.165) is 6.21 Å². The van der Waals surface area contributed by atoms with E-state index in [-0.39, 0.29) is 0 Å². The summed E-state index contributed by atoms with van der Waals surface area (Å²) < 4.78 is 0. The number of rotatable bonds is 7. The first-order valence-electron chi connectivity index (χ1n) is 4.93. The van der Waals surface area contributed by atoms with Gasteiger partial charge in [0.05, 0.1) is 6.10 Å². The highest BCUT2D eigenvalue weighted by Crippen LogP contribution is 2.03. The maximum absolute atomic E-state index is 9.34. The lowest BCUT2D eigenvalue weighted by atomic mass is 10.1. The van der Waals surface area contributed by atoms with Crippen molar-refractivity contribution >= 4 is 6.21 Å². The van der Waals surface area contributed by atoms with Crippen molar-refractivity contribution in [3.05, 3.63) is 0 Å². The number of nitrogens with zero attached hydrogens (tertiary/aromatic N) is 1. The number of aliphatic imine (C=N–C) groups is 1. The zero-order valence-corrected chi connectivity index (χ0v) is 8.82. The van der Waals surface area contributed by atoms with Crippen LogP contribution in [0.2, 0.25) is 0 Å². The predicted molar refractivity (Wildman–Crippen MR) is 56.7 cm³/mol. The molecule has 0 saturated carbocycles. The van der Waals surface area contributed by atoms with Crippen LogP contribution in [0.1, 0.15) is 13.3 Å². The molecule has 0 aromatic heterocycles. The van der Waals surface area contributed by atoms with Crippen LogP contribution in [0.3, 0.4) is 0 Å². The first-order valence-corrected chi connectivity index (χ1v) is 4.93. The van der Waals surface area contributed by atoms with E-state index in [1.54, 1.807) is 0 Å². The van der Waals surface area contributed by atoms with Crippen molar-refractivity contribution in [2.24, 2.45) is 10.7 Å². The molecule has 4 unspecified atom stereocenters. The van der Waals surface area contributed by atoms with Crippen molar-refractivity contribution < 1.29 is 20.4 Å². The summed E-state index contributed by atoms with van der Waals surface area (Å²) in [4.78, 5) is 3.82. The quantitative estimate of drug-likeness (QED) is 0.248. The van der Waals surface area contributed by atoms with Crippen molar-refractivity contribution in [3.8, 4) is 0 Å². The van der Waals surface area contributed by atoms with Crippen molar-refractivity contribution in [3.63, 3.8) is 0 Å². The van der Waals surface area contributed by atoms with Gasteiger partial charge < -0.3 is 26.2 Å². The summed E-state index contributed by atoms with van der Waals surface area (Å²) in [7, 11) is 0. The van der Waals surface area contributed by atoms with Crippen LogP contribution < -0.4 is 5.73 Å². The summed E-state index contributed by atoms with van der Waals surface area (Å²) in [6.07, 6.45) is -3.38. The van der Waals surface area contributed by atoms with E-state index in [4.69, 9.17) is 10.8 Å². The molecule has 0 fully saturated rings. The molecule has 15 heavy (non-hydrogen) atoms. The zero-order chi connectivity index (χ0) is 11.8. The Morgan fingerprint density at radius 1 is 1.20 bits per heavy atom. The summed E-state index contributed by atoms with van der Waals surface area (Å²) in [6, 6.07) is 0. The molecule has 0 bridgehead atoms. The molecule has 6 heteroatoms. The monoisotopic (exact) mass is 220 g/mol. The lowest BCUT2D eigenvalue weighted by molar-refractivity contribution is -0.0821. The molecule has 0 aliphatic carbocycles. The highest BCUT2D eigenvalue weighted by atomic mass is 16.4. The smallest absolute Gasteiger partial charge is 0.117 e. The minimum atomic E-state index is -1.44. The number of aliphatic hydroxyl groups excluding tert-OH is 4. The molecule has 0 radical (unpaired) electrons. The molecule has 6 N–H and O–H groups in total. The Morgan fingerprint density at radius 2 is 1.80 bits per heavy atom. The lowest BCUT2D eigenvalue weighted by Gasteiger charge is -2.22. The van der Waals surface area contributed by atoms with E-state index in [1.165, 1.54) is 6.92 Å². The van der Waals surface area contributed by atoms with Crippen molar-refractivity contribution in [2.45, 2.75) is 37.8 Å². The normalized spacial score (nSPS) is 20.1. The second kappa shape index (κ2) is 7.72. The minimum absolute atomic E-state index is 0.463. The molecule has 6 nitrogen and oxygen atoms in total. The van der Waals surface area contributed by atoms with Gasteiger partial charge in [0.2, 0.25) is 0 Å². The molecule has 0 saturated heterocycles. The van der Waals surface area contributed by atoms with E-state index in [1.807, 2.05) is 0 Å². The fourth-order valence-electron chi connectivity index (χ4n) is 0.941. The SMILES string of the molecule is CC(O)C(O)C(O)C(O)C=NCCCN. The van der Waals surface area contributed by atoms with E-state index >= 15 is 0 Å². The van der Waals surface area contributed by atoms with Gasteiger partial charge in [-0.15, -0.1) is 0 Å². The lowest BCUT2D eigenvalue weighted by Crippen LogP contribution is -2.44. The van der Waals surface area contributed by atoms with Crippen LogP contribution in [-0.2, 0) is 0 Å². The highest BCUT2D eigenvalue weighted by Gasteiger charge is 2.26. The van der Waals surface area contributed by atoms with Crippen LogP contribution in [-0.4, -0.2) is 64.1 Å². The summed E-state index contributed by atoms with van der Waals surface area (Å²) in [5.41, 5.74) is 5.23. The Balaban J connectivity index is 3.97. The largest absolute Gasteiger partial charge is 0.391 e. The van der Waals surface area contributed by atoms with Crippen LogP contribution in [0.15, 0.2) is 4.99 Å². The van der Waals surface area contributed by atoms with Crippen LogP contribution in [0, 0.1) is 0 Å². The minimum Gasteiger partial charge on any atom is -0.391 e. The second-order valence-electron chi connectivity index (χ2n) is 3.41. The van der Waals surface area contributed by atoms with Crippen molar-refractivity contribution in [1.29, 1.82) is 0 Å². The molecule has 4 atom stereocenters. The summed E-state index contributed by atoms with van der Waals surface area (Å²) in [5.74, 6) is 0. The van der Waals surface area contributed by atoms with E-state index in [9.17, 15) is 15.3 Å². The molecule has 0 aromatic rings. The number of aliphatic hydroxyl groups is 4.